The van der Waals surface area contributed by atoms with E-state index < -0.39 is 6.10 Å². The summed E-state index contributed by atoms with van der Waals surface area (Å²) < 4.78 is 14.7. The van der Waals surface area contributed by atoms with Crippen LogP contribution in [0.5, 0.6) is 0 Å². The van der Waals surface area contributed by atoms with Crippen LogP contribution in [0, 0.1) is 5.82 Å². The van der Waals surface area contributed by atoms with Crippen LogP contribution in [-0.4, -0.2) is 5.11 Å². The molecule has 0 spiro atoms. The van der Waals surface area contributed by atoms with E-state index in [1.165, 1.54) is 17.8 Å². The van der Waals surface area contributed by atoms with Crippen LogP contribution in [-0.2, 0) is 0 Å². The van der Waals surface area contributed by atoms with E-state index in [1.807, 2.05) is 30.3 Å². The van der Waals surface area contributed by atoms with Crippen molar-refractivity contribution in [1.82, 2.24) is 0 Å². The molecule has 0 fully saturated rings. The highest BCUT2D eigenvalue weighted by Crippen LogP contribution is 2.35. The molecule has 1 nitrogen and oxygen atoms in total. The molecule has 0 bridgehead atoms. The average molecular weight is 327 g/mol. The molecule has 0 aliphatic carbocycles. The first kappa shape index (κ1) is 13.6. The summed E-state index contributed by atoms with van der Waals surface area (Å²) in [6.07, 6.45) is -0.816. The monoisotopic (exact) mass is 326 g/mol. The van der Waals surface area contributed by atoms with Crippen LogP contribution in [0.1, 0.15) is 18.6 Å². The number of aliphatic hydroxyl groups is 1. The molecule has 0 aliphatic rings. The van der Waals surface area contributed by atoms with Crippen molar-refractivity contribution in [3.05, 3.63) is 58.3 Å². The SMILES string of the molecule is CC(O)c1c(F)cccc1Sc1ccc(Br)cc1. The largest absolute Gasteiger partial charge is 0.389 e. The van der Waals surface area contributed by atoms with Crippen molar-refractivity contribution in [2.45, 2.75) is 22.8 Å². The van der Waals surface area contributed by atoms with E-state index in [0.29, 0.717) is 5.56 Å². The molecule has 1 N–H and O–H groups in total. The van der Waals surface area contributed by atoms with Crippen LogP contribution in [0.2, 0.25) is 0 Å². The fraction of sp³-hybridized carbons (Fsp3) is 0.143. The van der Waals surface area contributed by atoms with Gasteiger partial charge in [-0.1, -0.05) is 33.8 Å². The summed E-state index contributed by atoms with van der Waals surface area (Å²) in [4.78, 5) is 1.75. The van der Waals surface area contributed by atoms with Crippen molar-refractivity contribution in [2.24, 2.45) is 0 Å². The zero-order valence-corrected chi connectivity index (χ0v) is 12.1. The minimum absolute atomic E-state index is 0.352. The highest BCUT2D eigenvalue weighted by molar-refractivity contribution is 9.10. The first-order valence-electron chi connectivity index (χ1n) is 5.48. The summed E-state index contributed by atoms with van der Waals surface area (Å²) in [6, 6.07) is 12.6. The lowest BCUT2D eigenvalue weighted by Gasteiger charge is -2.12. The maximum Gasteiger partial charge on any atom is 0.130 e. The molecule has 0 radical (unpaired) electrons. The second kappa shape index (κ2) is 5.87. The Hall–Kier alpha value is -0.840. The lowest BCUT2D eigenvalue weighted by molar-refractivity contribution is 0.191. The lowest BCUT2D eigenvalue weighted by atomic mass is 10.1. The Morgan fingerprint density at radius 1 is 1.17 bits per heavy atom. The highest BCUT2D eigenvalue weighted by Gasteiger charge is 2.14. The quantitative estimate of drug-likeness (QED) is 0.874. The molecule has 2 aromatic carbocycles. The summed E-state index contributed by atoms with van der Waals surface area (Å²) in [6.45, 7) is 1.57. The molecule has 94 valence electrons. The maximum atomic E-state index is 13.7. The molecule has 0 aliphatic heterocycles. The zero-order valence-electron chi connectivity index (χ0n) is 9.73. The Labute approximate surface area is 118 Å². The summed E-state index contributed by atoms with van der Waals surface area (Å²) in [5.74, 6) is -0.368. The number of hydrogen-bond donors (Lipinski definition) is 1. The molecule has 0 saturated heterocycles. The molecule has 0 aromatic heterocycles. The van der Waals surface area contributed by atoms with Crippen LogP contribution in [0.15, 0.2) is 56.7 Å². The van der Waals surface area contributed by atoms with Crippen LogP contribution >= 0.6 is 27.7 Å². The second-order valence-corrected chi connectivity index (χ2v) is 5.91. The number of rotatable bonds is 3. The van der Waals surface area contributed by atoms with Gasteiger partial charge in [-0.15, -0.1) is 0 Å². The molecule has 2 aromatic rings. The van der Waals surface area contributed by atoms with Crippen LogP contribution in [0.3, 0.4) is 0 Å². The Morgan fingerprint density at radius 3 is 2.44 bits per heavy atom. The molecule has 1 atom stereocenters. The Balaban J connectivity index is 2.34. The standard InChI is InChI=1S/C14H12BrFOS/c1-9(17)14-12(16)3-2-4-13(14)18-11-7-5-10(15)6-8-11/h2-9,17H,1H3. The highest BCUT2D eigenvalue weighted by atomic mass is 79.9. The fourth-order valence-corrected chi connectivity index (χ4v) is 2.96. The molecule has 18 heavy (non-hydrogen) atoms. The second-order valence-electron chi connectivity index (χ2n) is 3.88. The van der Waals surface area contributed by atoms with E-state index in [-0.39, 0.29) is 5.82 Å². The van der Waals surface area contributed by atoms with E-state index >= 15 is 0 Å². The molecule has 1 unspecified atom stereocenters. The van der Waals surface area contributed by atoms with Crippen molar-refractivity contribution in [1.29, 1.82) is 0 Å². The fourth-order valence-electron chi connectivity index (χ4n) is 1.64. The number of benzene rings is 2. The van der Waals surface area contributed by atoms with Gasteiger partial charge in [-0.3, -0.25) is 0 Å². The van der Waals surface area contributed by atoms with E-state index in [4.69, 9.17) is 0 Å². The van der Waals surface area contributed by atoms with Crippen molar-refractivity contribution < 1.29 is 9.50 Å². The molecule has 0 heterocycles. The van der Waals surface area contributed by atoms with Gasteiger partial charge in [0.15, 0.2) is 0 Å². The van der Waals surface area contributed by atoms with Gasteiger partial charge in [0.25, 0.3) is 0 Å². The van der Waals surface area contributed by atoms with Crippen molar-refractivity contribution in [2.75, 3.05) is 0 Å². The predicted molar refractivity (Wildman–Crippen MR) is 75.3 cm³/mol. The minimum atomic E-state index is -0.816. The molecule has 0 saturated carbocycles. The summed E-state index contributed by atoms with van der Waals surface area (Å²) in [7, 11) is 0. The zero-order chi connectivity index (χ0) is 13.1. The third-order valence-electron chi connectivity index (χ3n) is 2.47. The molecule has 0 amide bonds. The van der Waals surface area contributed by atoms with Gasteiger partial charge in [-0.25, -0.2) is 4.39 Å². The maximum absolute atomic E-state index is 13.7. The summed E-state index contributed by atoms with van der Waals surface area (Å²) in [5, 5.41) is 9.65. The van der Waals surface area contributed by atoms with Crippen molar-refractivity contribution in [3.63, 3.8) is 0 Å². The van der Waals surface area contributed by atoms with Crippen molar-refractivity contribution in [3.8, 4) is 0 Å². The van der Waals surface area contributed by atoms with Gasteiger partial charge >= 0.3 is 0 Å². The Morgan fingerprint density at radius 2 is 1.83 bits per heavy atom. The van der Waals surface area contributed by atoms with Crippen LogP contribution in [0.25, 0.3) is 0 Å². The van der Waals surface area contributed by atoms with E-state index in [1.54, 1.807) is 13.0 Å². The van der Waals surface area contributed by atoms with Gasteiger partial charge in [-0.05, 0) is 43.3 Å². The van der Waals surface area contributed by atoms with Crippen molar-refractivity contribution >= 4 is 27.7 Å². The first-order chi connectivity index (χ1) is 8.58. The molecule has 2 rings (SSSR count). The lowest BCUT2D eigenvalue weighted by Crippen LogP contribution is -1.98. The van der Waals surface area contributed by atoms with E-state index in [2.05, 4.69) is 15.9 Å². The average Bonchev–Trinajstić information content (AvgIpc) is 2.32. The number of halogens is 2. The van der Waals surface area contributed by atoms with Gasteiger partial charge in [0.2, 0.25) is 0 Å². The third kappa shape index (κ3) is 3.13. The van der Waals surface area contributed by atoms with Gasteiger partial charge in [0.05, 0.1) is 6.10 Å². The molecular weight excluding hydrogens is 315 g/mol. The van der Waals surface area contributed by atoms with Gasteiger partial charge in [0.1, 0.15) is 5.82 Å². The van der Waals surface area contributed by atoms with Gasteiger partial charge in [0, 0.05) is 19.8 Å². The smallest absolute Gasteiger partial charge is 0.130 e. The third-order valence-corrected chi connectivity index (χ3v) is 4.08. The summed E-state index contributed by atoms with van der Waals surface area (Å²) in [5.41, 5.74) is 0.352. The predicted octanol–water partition coefficient (Wildman–Crippen LogP) is 4.79. The Kier molecular flexibility index (Phi) is 4.43. The normalized spacial score (nSPS) is 12.4. The Bertz CT molecular complexity index is 540. The molecular formula is C14H12BrFOS. The summed E-state index contributed by atoms with van der Waals surface area (Å²) >= 11 is 4.82. The first-order valence-corrected chi connectivity index (χ1v) is 7.09. The topological polar surface area (TPSA) is 20.2 Å². The van der Waals surface area contributed by atoms with Gasteiger partial charge < -0.3 is 5.11 Å². The van der Waals surface area contributed by atoms with Gasteiger partial charge in [-0.2, -0.15) is 0 Å². The minimum Gasteiger partial charge on any atom is -0.389 e. The molecule has 4 heteroatoms. The van der Waals surface area contributed by atoms with E-state index in [0.717, 1.165) is 14.3 Å². The van der Waals surface area contributed by atoms with E-state index in [9.17, 15) is 9.50 Å². The van der Waals surface area contributed by atoms with Crippen LogP contribution in [0.4, 0.5) is 4.39 Å². The van der Waals surface area contributed by atoms with Crippen LogP contribution < -0.4 is 0 Å². The number of hydrogen-bond acceptors (Lipinski definition) is 2. The number of aliphatic hydroxyl groups excluding tert-OH is 1.